The smallest absolute Gasteiger partial charge is 0.324 e. The second kappa shape index (κ2) is 5.20. The van der Waals surface area contributed by atoms with Crippen molar-refractivity contribution in [2.24, 2.45) is 11.5 Å². The minimum absolute atomic E-state index is 0.299. The first kappa shape index (κ1) is 12.6. The summed E-state index contributed by atoms with van der Waals surface area (Å²) in [5, 5.41) is 0.977. The second-order valence-corrected chi connectivity index (χ2v) is 4.09. The second-order valence-electron chi connectivity index (χ2n) is 4.09. The molecule has 18 heavy (non-hydrogen) atoms. The van der Waals surface area contributed by atoms with Crippen LogP contribution in [0.2, 0.25) is 0 Å². The van der Waals surface area contributed by atoms with Crippen molar-refractivity contribution in [3.05, 3.63) is 36.0 Å². The number of nitrogens with one attached hydrogen (secondary N) is 1. The first-order valence-corrected chi connectivity index (χ1v) is 5.89. The molecule has 5 N–H and O–H groups in total. The highest BCUT2D eigenvalue weighted by molar-refractivity contribution is 5.85. The fourth-order valence-corrected chi connectivity index (χ4v) is 1.95. The van der Waals surface area contributed by atoms with Crippen LogP contribution in [-0.2, 0) is 9.53 Å². The molecule has 0 fully saturated rings. The summed E-state index contributed by atoms with van der Waals surface area (Å²) in [6.07, 6.45) is 1.79. The van der Waals surface area contributed by atoms with E-state index in [1.807, 2.05) is 24.3 Å². The van der Waals surface area contributed by atoms with Gasteiger partial charge >= 0.3 is 5.97 Å². The Morgan fingerprint density at radius 1 is 1.39 bits per heavy atom. The Morgan fingerprint density at radius 3 is 2.83 bits per heavy atom. The fraction of sp³-hybridized carbons (Fsp3) is 0.308. The van der Waals surface area contributed by atoms with Gasteiger partial charge in [-0.05, 0) is 18.6 Å². The number of hydrogen-bond donors (Lipinski definition) is 3. The maximum Gasteiger partial charge on any atom is 0.324 e. The Kier molecular flexibility index (Phi) is 3.64. The van der Waals surface area contributed by atoms with Crippen molar-refractivity contribution in [1.29, 1.82) is 0 Å². The zero-order valence-corrected chi connectivity index (χ0v) is 10.2. The van der Waals surface area contributed by atoms with Crippen LogP contribution in [-0.4, -0.2) is 23.6 Å². The first-order chi connectivity index (χ1) is 8.65. The van der Waals surface area contributed by atoms with E-state index in [1.54, 1.807) is 13.1 Å². The van der Waals surface area contributed by atoms with E-state index < -0.39 is 18.1 Å². The van der Waals surface area contributed by atoms with Crippen LogP contribution in [0.15, 0.2) is 30.5 Å². The number of esters is 1. The SMILES string of the molecule is CCOC(=O)[C@H](N)[C@@H](N)c1c[nH]c2ccccc12. The van der Waals surface area contributed by atoms with Crippen molar-refractivity contribution >= 4 is 16.9 Å². The molecule has 0 radical (unpaired) electrons. The van der Waals surface area contributed by atoms with Gasteiger partial charge in [-0.1, -0.05) is 18.2 Å². The predicted molar refractivity (Wildman–Crippen MR) is 69.8 cm³/mol. The maximum absolute atomic E-state index is 11.6. The third-order valence-electron chi connectivity index (χ3n) is 2.93. The summed E-state index contributed by atoms with van der Waals surface area (Å²) in [6, 6.07) is 6.30. The predicted octanol–water partition coefficient (Wildman–Crippen LogP) is 1.06. The molecule has 0 spiro atoms. The monoisotopic (exact) mass is 247 g/mol. The van der Waals surface area contributed by atoms with Crippen molar-refractivity contribution in [2.75, 3.05) is 6.61 Å². The van der Waals surface area contributed by atoms with Crippen LogP contribution < -0.4 is 11.5 Å². The third kappa shape index (κ3) is 2.23. The van der Waals surface area contributed by atoms with Gasteiger partial charge < -0.3 is 21.2 Å². The van der Waals surface area contributed by atoms with Crippen LogP contribution in [0.4, 0.5) is 0 Å². The van der Waals surface area contributed by atoms with Crippen molar-refractivity contribution in [3.63, 3.8) is 0 Å². The van der Waals surface area contributed by atoms with Gasteiger partial charge in [-0.15, -0.1) is 0 Å². The van der Waals surface area contributed by atoms with E-state index in [1.165, 1.54) is 0 Å². The lowest BCUT2D eigenvalue weighted by Gasteiger charge is -2.17. The summed E-state index contributed by atoms with van der Waals surface area (Å²) < 4.78 is 4.88. The lowest BCUT2D eigenvalue weighted by Crippen LogP contribution is -2.42. The van der Waals surface area contributed by atoms with Crippen LogP contribution >= 0.6 is 0 Å². The molecule has 2 atom stereocenters. The zero-order valence-electron chi connectivity index (χ0n) is 10.2. The summed E-state index contributed by atoms with van der Waals surface area (Å²) in [5.74, 6) is -0.477. The van der Waals surface area contributed by atoms with Gasteiger partial charge in [-0.25, -0.2) is 0 Å². The largest absolute Gasteiger partial charge is 0.465 e. The molecule has 0 saturated carbocycles. The fourth-order valence-electron chi connectivity index (χ4n) is 1.95. The van der Waals surface area contributed by atoms with Crippen molar-refractivity contribution in [3.8, 4) is 0 Å². The number of carbonyl (C=O) groups excluding carboxylic acids is 1. The van der Waals surface area contributed by atoms with Gasteiger partial charge in [0.15, 0.2) is 0 Å². The number of hydrogen-bond acceptors (Lipinski definition) is 4. The van der Waals surface area contributed by atoms with Gasteiger partial charge in [-0.2, -0.15) is 0 Å². The van der Waals surface area contributed by atoms with Gasteiger partial charge in [0.05, 0.1) is 12.6 Å². The summed E-state index contributed by atoms with van der Waals surface area (Å²) in [5.41, 5.74) is 13.6. The number of ether oxygens (including phenoxy) is 1. The minimum atomic E-state index is -0.857. The van der Waals surface area contributed by atoms with E-state index in [-0.39, 0.29) is 0 Å². The third-order valence-corrected chi connectivity index (χ3v) is 2.93. The Labute approximate surface area is 105 Å². The highest BCUT2D eigenvalue weighted by Gasteiger charge is 2.25. The van der Waals surface area contributed by atoms with Gasteiger partial charge in [0.2, 0.25) is 0 Å². The summed E-state index contributed by atoms with van der Waals surface area (Å²) in [6.45, 7) is 2.04. The van der Waals surface area contributed by atoms with Crippen molar-refractivity contribution in [1.82, 2.24) is 4.98 Å². The molecule has 0 bridgehead atoms. The molecule has 2 aromatic rings. The molecular weight excluding hydrogens is 230 g/mol. The van der Waals surface area contributed by atoms with Crippen LogP contribution in [0.5, 0.6) is 0 Å². The minimum Gasteiger partial charge on any atom is -0.465 e. The molecule has 0 aliphatic heterocycles. The number of para-hydroxylation sites is 1. The Bertz CT molecular complexity index is 550. The van der Waals surface area contributed by atoms with Crippen LogP contribution in [0.3, 0.4) is 0 Å². The molecule has 2 rings (SSSR count). The summed E-state index contributed by atoms with van der Waals surface area (Å²) in [4.78, 5) is 14.7. The lowest BCUT2D eigenvalue weighted by atomic mass is 10.0. The molecule has 96 valence electrons. The number of fused-ring (bicyclic) bond motifs is 1. The van der Waals surface area contributed by atoms with Crippen molar-refractivity contribution in [2.45, 2.75) is 19.0 Å². The molecule has 0 aliphatic carbocycles. The Morgan fingerprint density at radius 2 is 2.11 bits per heavy atom. The number of rotatable bonds is 4. The molecule has 0 saturated heterocycles. The zero-order chi connectivity index (χ0) is 13.1. The number of nitrogens with two attached hydrogens (primary N) is 2. The molecule has 1 aromatic heterocycles. The van der Waals surface area contributed by atoms with Gasteiger partial charge in [-0.3, -0.25) is 4.79 Å². The molecule has 1 heterocycles. The number of aromatic nitrogens is 1. The average Bonchev–Trinajstić information content (AvgIpc) is 2.81. The van der Waals surface area contributed by atoms with Gasteiger partial charge in [0.1, 0.15) is 6.04 Å². The van der Waals surface area contributed by atoms with Gasteiger partial charge in [0.25, 0.3) is 0 Å². The molecule has 0 aliphatic rings. The first-order valence-electron chi connectivity index (χ1n) is 5.89. The average molecular weight is 247 g/mol. The quantitative estimate of drug-likeness (QED) is 0.704. The van der Waals surface area contributed by atoms with E-state index in [0.717, 1.165) is 16.5 Å². The molecule has 0 amide bonds. The summed E-state index contributed by atoms with van der Waals surface area (Å²) >= 11 is 0. The normalized spacial score (nSPS) is 14.4. The number of aromatic amines is 1. The van der Waals surface area contributed by atoms with E-state index in [9.17, 15) is 4.79 Å². The Hall–Kier alpha value is -1.85. The molecule has 0 unspecified atom stereocenters. The lowest BCUT2D eigenvalue weighted by molar-refractivity contribution is -0.145. The molecule has 1 aromatic carbocycles. The van der Waals surface area contributed by atoms with Crippen LogP contribution in [0.25, 0.3) is 10.9 Å². The standard InChI is InChI=1S/C13H17N3O2/c1-2-18-13(17)12(15)11(14)9-7-16-10-6-4-3-5-8(9)10/h3-7,11-12,16H,2,14-15H2,1H3/t11-,12+/m0/s1. The molecule has 5 heteroatoms. The van der Waals surface area contributed by atoms with E-state index in [2.05, 4.69) is 4.98 Å². The summed E-state index contributed by atoms with van der Waals surface area (Å²) in [7, 11) is 0. The van der Waals surface area contributed by atoms with Crippen molar-refractivity contribution < 1.29 is 9.53 Å². The van der Waals surface area contributed by atoms with E-state index in [4.69, 9.17) is 16.2 Å². The highest BCUT2D eigenvalue weighted by Crippen LogP contribution is 2.24. The van der Waals surface area contributed by atoms with E-state index >= 15 is 0 Å². The topological polar surface area (TPSA) is 94.1 Å². The molecule has 5 nitrogen and oxygen atoms in total. The number of carbonyl (C=O) groups is 1. The highest BCUT2D eigenvalue weighted by atomic mass is 16.5. The number of H-pyrrole nitrogens is 1. The number of benzene rings is 1. The molecular formula is C13H17N3O2. The Balaban J connectivity index is 2.28. The van der Waals surface area contributed by atoms with Crippen LogP contribution in [0, 0.1) is 0 Å². The van der Waals surface area contributed by atoms with E-state index in [0.29, 0.717) is 6.61 Å². The van der Waals surface area contributed by atoms with Crippen LogP contribution in [0.1, 0.15) is 18.5 Å². The van der Waals surface area contributed by atoms with Gasteiger partial charge in [0, 0.05) is 17.1 Å². The maximum atomic E-state index is 11.6.